The van der Waals surface area contributed by atoms with Gasteiger partial charge in [-0.05, 0) is 31.2 Å². The van der Waals surface area contributed by atoms with Crippen molar-refractivity contribution >= 4 is 28.4 Å². The molecule has 2 aromatic rings. The molecule has 20 heavy (non-hydrogen) atoms. The fraction of sp³-hybridized carbons (Fsp3) is 0.167. The van der Waals surface area contributed by atoms with E-state index in [1.54, 1.807) is 31.2 Å². The Morgan fingerprint density at radius 3 is 2.45 bits per heavy atom. The van der Waals surface area contributed by atoms with Gasteiger partial charge in [0.25, 0.3) is 5.91 Å². The number of methoxy groups -OCH3 is 1. The van der Waals surface area contributed by atoms with Crippen molar-refractivity contribution in [1.82, 2.24) is 15.5 Å². The van der Waals surface area contributed by atoms with Crippen LogP contribution in [0.15, 0.2) is 24.3 Å². The lowest BCUT2D eigenvalue weighted by atomic mass is 10.2. The van der Waals surface area contributed by atoms with E-state index in [9.17, 15) is 9.59 Å². The molecule has 2 N–H and O–H groups in total. The van der Waals surface area contributed by atoms with Crippen molar-refractivity contribution in [2.75, 3.05) is 12.4 Å². The monoisotopic (exact) mass is 292 g/mol. The fourth-order valence-electron chi connectivity index (χ4n) is 1.39. The third kappa shape index (κ3) is 3.51. The van der Waals surface area contributed by atoms with Gasteiger partial charge in [0.15, 0.2) is 0 Å². The molecule has 0 atom stereocenters. The van der Waals surface area contributed by atoms with Gasteiger partial charge < -0.3 is 4.74 Å². The minimum absolute atomic E-state index is 0.336. The van der Waals surface area contributed by atoms with E-state index in [4.69, 9.17) is 4.74 Å². The molecule has 0 aliphatic heterocycles. The summed E-state index contributed by atoms with van der Waals surface area (Å²) < 4.78 is 4.99. The first-order chi connectivity index (χ1) is 9.58. The number of urea groups is 1. The van der Waals surface area contributed by atoms with Gasteiger partial charge in [0.2, 0.25) is 5.13 Å². The second kappa shape index (κ2) is 6.11. The first-order valence-electron chi connectivity index (χ1n) is 5.65. The van der Waals surface area contributed by atoms with Gasteiger partial charge in [-0.1, -0.05) is 11.3 Å². The molecule has 1 heterocycles. The minimum Gasteiger partial charge on any atom is -0.497 e. The van der Waals surface area contributed by atoms with E-state index in [-0.39, 0.29) is 0 Å². The van der Waals surface area contributed by atoms with Gasteiger partial charge in [-0.25, -0.2) is 4.79 Å². The van der Waals surface area contributed by atoms with E-state index >= 15 is 0 Å². The highest BCUT2D eigenvalue weighted by atomic mass is 32.1. The topological polar surface area (TPSA) is 93.2 Å². The number of rotatable bonds is 3. The summed E-state index contributed by atoms with van der Waals surface area (Å²) in [6.07, 6.45) is 0. The van der Waals surface area contributed by atoms with Crippen LogP contribution < -0.4 is 15.4 Å². The summed E-state index contributed by atoms with van der Waals surface area (Å²) in [6.45, 7) is 1.77. The Bertz CT molecular complexity index is 624. The number of aromatic nitrogens is 2. The van der Waals surface area contributed by atoms with E-state index in [0.29, 0.717) is 16.4 Å². The number of nitrogens with zero attached hydrogens (tertiary/aromatic N) is 2. The Morgan fingerprint density at radius 1 is 1.20 bits per heavy atom. The molecule has 7 nitrogen and oxygen atoms in total. The molecule has 0 aliphatic rings. The highest BCUT2D eigenvalue weighted by Crippen LogP contribution is 2.13. The molecule has 104 valence electrons. The van der Waals surface area contributed by atoms with Crippen molar-refractivity contribution in [3.8, 4) is 5.75 Å². The number of hydrogen-bond acceptors (Lipinski definition) is 6. The standard InChI is InChI=1S/C12H12N4O3S/c1-7-15-16-12(20-7)14-11(18)13-10(17)8-3-5-9(19-2)6-4-8/h3-6H,1-2H3,(H2,13,14,16,17,18). The third-order valence-corrected chi connectivity index (χ3v) is 3.08. The molecule has 3 amide bonds. The Balaban J connectivity index is 1.94. The van der Waals surface area contributed by atoms with Crippen LogP contribution in [0.2, 0.25) is 0 Å². The van der Waals surface area contributed by atoms with Crippen LogP contribution in [0, 0.1) is 6.92 Å². The zero-order valence-electron chi connectivity index (χ0n) is 10.8. The van der Waals surface area contributed by atoms with Crippen LogP contribution in [0.1, 0.15) is 15.4 Å². The number of amides is 3. The first-order valence-corrected chi connectivity index (χ1v) is 6.46. The largest absolute Gasteiger partial charge is 0.497 e. The van der Waals surface area contributed by atoms with Crippen LogP contribution in [-0.2, 0) is 0 Å². The number of nitrogens with one attached hydrogen (secondary N) is 2. The fourth-order valence-corrected chi connectivity index (χ4v) is 1.98. The number of aryl methyl sites for hydroxylation is 1. The summed E-state index contributed by atoms with van der Waals surface area (Å²) in [5.41, 5.74) is 0.356. The van der Waals surface area contributed by atoms with Gasteiger partial charge >= 0.3 is 6.03 Å². The molecule has 0 radical (unpaired) electrons. The lowest BCUT2D eigenvalue weighted by Crippen LogP contribution is -2.34. The molecular weight excluding hydrogens is 280 g/mol. The average molecular weight is 292 g/mol. The lowest BCUT2D eigenvalue weighted by Gasteiger charge is -2.05. The van der Waals surface area contributed by atoms with Gasteiger partial charge in [-0.15, -0.1) is 10.2 Å². The molecule has 0 unspecified atom stereocenters. The number of carbonyl (C=O) groups is 2. The molecule has 8 heteroatoms. The molecule has 0 aliphatic carbocycles. The molecule has 0 bridgehead atoms. The van der Waals surface area contributed by atoms with Gasteiger partial charge in [-0.3, -0.25) is 15.4 Å². The zero-order chi connectivity index (χ0) is 14.5. The number of ether oxygens (including phenoxy) is 1. The van der Waals surface area contributed by atoms with Crippen LogP contribution in [0.3, 0.4) is 0 Å². The van der Waals surface area contributed by atoms with Crippen LogP contribution >= 0.6 is 11.3 Å². The number of imide groups is 1. The molecule has 1 aromatic carbocycles. The summed E-state index contributed by atoms with van der Waals surface area (Å²) in [7, 11) is 1.53. The smallest absolute Gasteiger partial charge is 0.328 e. The quantitative estimate of drug-likeness (QED) is 0.900. The van der Waals surface area contributed by atoms with E-state index in [2.05, 4.69) is 20.8 Å². The van der Waals surface area contributed by atoms with Crippen LogP contribution in [-0.4, -0.2) is 29.2 Å². The molecule has 2 rings (SSSR count). The van der Waals surface area contributed by atoms with E-state index in [1.807, 2.05) is 0 Å². The van der Waals surface area contributed by atoms with Crippen molar-refractivity contribution in [3.05, 3.63) is 34.8 Å². The van der Waals surface area contributed by atoms with Crippen LogP contribution in [0.5, 0.6) is 5.75 Å². The predicted molar refractivity (Wildman–Crippen MR) is 74.1 cm³/mol. The Labute approximate surface area is 119 Å². The number of hydrogen-bond donors (Lipinski definition) is 2. The van der Waals surface area contributed by atoms with Gasteiger partial charge in [0.1, 0.15) is 10.8 Å². The van der Waals surface area contributed by atoms with Crippen molar-refractivity contribution in [3.63, 3.8) is 0 Å². The Hall–Kier alpha value is -2.48. The highest BCUT2D eigenvalue weighted by molar-refractivity contribution is 7.15. The molecule has 0 saturated heterocycles. The first kappa shape index (κ1) is 13.9. The Kier molecular flexibility index (Phi) is 4.26. The summed E-state index contributed by atoms with van der Waals surface area (Å²) >= 11 is 1.22. The van der Waals surface area contributed by atoms with Gasteiger partial charge in [0, 0.05) is 5.56 Å². The Morgan fingerprint density at radius 2 is 1.90 bits per heavy atom. The van der Waals surface area contributed by atoms with Crippen molar-refractivity contribution in [1.29, 1.82) is 0 Å². The van der Waals surface area contributed by atoms with Crippen LogP contribution in [0.4, 0.5) is 9.93 Å². The second-order valence-electron chi connectivity index (χ2n) is 3.76. The molecule has 0 saturated carbocycles. The van der Waals surface area contributed by atoms with Crippen LogP contribution in [0.25, 0.3) is 0 Å². The van der Waals surface area contributed by atoms with Gasteiger partial charge in [0.05, 0.1) is 7.11 Å². The maximum absolute atomic E-state index is 11.8. The number of anilines is 1. The molecular formula is C12H12N4O3S. The van der Waals surface area contributed by atoms with Crippen molar-refractivity contribution in [2.45, 2.75) is 6.92 Å². The normalized spacial score (nSPS) is 9.90. The summed E-state index contributed by atoms with van der Waals surface area (Å²) in [5.74, 6) is 0.127. The number of benzene rings is 1. The van der Waals surface area contributed by atoms with Crippen molar-refractivity contribution < 1.29 is 14.3 Å². The summed E-state index contributed by atoms with van der Waals surface area (Å²) in [6, 6.07) is 5.76. The van der Waals surface area contributed by atoms with Crippen molar-refractivity contribution in [2.24, 2.45) is 0 Å². The SMILES string of the molecule is COc1ccc(C(=O)NC(=O)Nc2nnc(C)s2)cc1. The highest BCUT2D eigenvalue weighted by Gasteiger charge is 2.12. The maximum atomic E-state index is 11.8. The minimum atomic E-state index is -0.651. The molecule has 0 fully saturated rings. The van der Waals surface area contributed by atoms with E-state index in [0.717, 1.165) is 5.01 Å². The van der Waals surface area contributed by atoms with E-state index < -0.39 is 11.9 Å². The lowest BCUT2D eigenvalue weighted by molar-refractivity contribution is 0.0967. The second-order valence-corrected chi connectivity index (χ2v) is 4.94. The molecule has 1 aromatic heterocycles. The number of carbonyl (C=O) groups excluding carboxylic acids is 2. The third-order valence-electron chi connectivity index (χ3n) is 2.33. The van der Waals surface area contributed by atoms with Gasteiger partial charge in [-0.2, -0.15) is 0 Å². The predicted octanol–water partition coefficient (Wildman–Crippen LogP) is 1.82. The molecule has 0 spiro atoms. The zero-order valence-corrected chi connectivity index (χ0v) is 11.7. The average Bonchev–Trinajstić information content (AvgIpc) is 2.84. The maximum Gasteiger partial charge on any atom is 0.328 e. The summed E-state index contributed by atoms with van der Waals surface area (Å²) in [5, 5.41) is 13.2. The van der Waals surface area contributed by atoms with E-state index in [1.165, 1.54) is 18.4 Å². The summed E-state index contributed by atoms with van der Waals surface area (Å²) in [4.78, 5) is 23.4.